The first-order valence-electron chi connectivity index (χ1n) is 10.3. The number of carbonyl (C=O) groups is 1. The van der Waals surface area contributed by atoms with E-state index in [1.807, 2.05) is 24.3 Å². The van der Waals surface area contributed by atoms with E-state index in [1.54, 1.807) is 12.1 Å². The van der Waals surface area contributed by atoms with Crippen molar-refractivity contribution in [2.45, 2.75) is 38.2 Å². The Balaban J connectivity index is 1.34. The van der Waals surface area contributed by atoms with Crippen molar-refractivity contribution in [3.05, 3.63) is 54.1 Å². The SMILES string of the molecule is O=C(Nc1cccc(N2CCCCC2)c1)c1ccc(OCC2CCCO2)cc1. The molecule has 2 heterocycles. The summed E-state index contributed by atoms with van der Waals surface area (Å²) in [6.45, 7) is 3.57. The van der Waals surface area contributed by atoms with E-state index in [-0.39, 0.29) is 12.0 Å². The minimum atomic E-state index is -0.110. The van der Waals surface area contributed by atoms with Gasteiger partial charge in [0.15, 0.2) is 0 Å². The number of hydrogen-bond acceptors (Lipinski definition) is 4. The molecule has 2 fully saturated rings. The molecular formula is C23H28N2O3. The third-order valence-electron chi connectivity index (χ3n) is 5.40. The number of carbonyl (C=O) groups excluding carboxylic acids is 1. The van der Waals surface area contributed by atoms with Gasteiger partial charge in [-0.2, -0.15) is 0 Å². The lowest BCUT2D eigenvalue weighted by Crippen LogP contribution is -2.29. The topological polar surface area (TPSA) is 50.8 Å². The number of anilines is 2. The molecule has 4 rings (SSSR count). The van der Waals surface area contributed by atoms with E-state index < -0.39 is 0 Å². The zero-order valence-electron chi connectivity index (χ0n) is 16.2. The van der Waals surface area contributed by atoms with Crippen LogP contribution in [0.1, 0.15) is 42.5 Å². The summed E-state index contributed by atoms with van der Waals surface area (Å²) in [5.41, 5.74) is 2.62. The normalized spacial score (nSPS) is 19.4. The predicted molar refractivity (Wildman–Crippen MR) is 111 cm³/mol. The molecule has 0 radical (unpaired) electrons. The second-order valence-corrected chi connectivity index (χ2v) is 7.52. The molecule has 0 saturated carbocycles. The van der Waals surface area contributed by atoms with Crippen LogP contribution in [0.15, 0.2) is 48.5 Å². The fourth-order valence-corrected chi connectivity index (χ4v) is 3.80. The first-order chi connectivity index (χ1) is 13.8. The second kappa shape index (κ2) is 9.11. The maximum absolute atomic E-state index is 12.6. The Morgan fingerprint density at radius 3 is 2.64 bits per heavy atom. The lowest BCUT2D eigenvalue weighted by molar-refractivity contribution is 0.0679. The molecule has 0 aliphatic carbocycles. The maximum Gasteiger partial charge on any atom is 0.255 e. The zero-order valence-corrected chi connectivity index (χ0v) is 16.2. The highest BCUT2D eigenvalue weighted by molar-refractivity contribution is 6.04. The molecule has 0 spiro atoms. The van der Waals surface area contributed by atoms with Gasteiger partial charge in [0.25, 0.3) is 5.91 Å². The highest BCUT2D eigenvalue weighted by Crippen LogP contribution is 2.24. The van der Waals surface area contributed by atoms with Crippen LogP contribution in [0.3, 0.4) is 0 Å². The molecule has 2 aliphatic heterocycles. The average Bonchev–Trinajstić information content (AvgIpc) is 3.27. The molecule has 2 aromatic carbocycles. The predicted octanol–water partition coefficient (Wildman–Crippen LogP) is 4.49. The largest absolute Gasteiger partial charge is 0.491 e. The Bertz CT molecular complexity index is 779. The first kappa shape index (κ1) is 18.8. The highest BCUT2D eigenvalue weighted by atomic mass is 16.5. The first-order valence-corrected chi connectivity index (χ1v) is 10.3. The third kappa shape index (κ3) is 4.84. The summed E-state index contributed by atoms with van der Waals surface area (Å²) in [6.07, 6.45) is 6.12. The minimum absolute atomic E-state index is 0.110. The van der Waals surface area contributed by atoms with Crippen LogP contribution in [-0.2, 0) is 4.74 Å². The van der Waals surface area contributed by atoms with E-state index in [0.29, 0.717) is 12.2 Å². The van der Waals surface area contributed by atoms with Crippen molar-refractivity contribution < 1.29 is 14.3 Å². The molecule has 2 saturated heterocycles. The maximum atomic E-state index is 12.6. The average molecular weight is 380 g/mol. The number of rotatable bonds is 6. The fraction of sp³-hybridized carbons (Fsp3) is 0.435. The van der Waals surface area contributed by atoms with Gasteiger partial charge in [0.05, 0.1) is 6.10 Å². The Hall–Kier alpha value is -2.53. The lowest BCUT2D eigenvalue weighted by Gasteiger charge is -2.29. The van der Waals surface area contributed by atoms with E-state index in [2.05, 4.69) is 22.3 Å². The molecule has 148 valence electrons. The smallest absolute Gasteiger partial charge is 0.255 e. The number of nitrogens with one attached hydrogen (secondary N) is 1. The number of hydrogen-bond donors (Lipinski definition) is 1. The van der Waals surface area contributed by atoms with Gasteiger partial charge in [-0.1, -0.05) is 6.07 Å². The summed E-state index contributed by atoms with van der Waals surface area (Å²) in [5.74, 6) is 0.653. The standard InChI is InChI=1S/C23H28N2O3/c26-23(18-9-11-21(12-10-18)28-17-22-8-5-15-27-22)24-19-6-4-7-20(16-19)25-13-2-1-3-14-25/h4,6-7,9-12,16,22H,1-3,5,8,13-15,17H2,(H,24,26). The number of amides is 1. The van der Waals surface area contributed by atoms with Gasteiger partial charge >= 0.3 is 0 Å². The van der Waals surface area contributed by atoms with Crippen molar-refractivity contribution in [3.63, 3.8) is 0 Å². The van der Waals surface area contributed by atoms with Crippen molar-refractivity contribution in [1.82, 2.24) is 0 Å². The van der Waals surface area contributed by atoms with Crippen LogP contribution < -0.4 is 15.0 Å². The monoisotopic (exact) mass is 380 g/mol. The molecule has 1 unspecified atom stereocenters. The Kier molecular flexibility index (Phi) is 6.12. The molecule has 5 heteroatoms. The number of benzene rings is 2. The van der Waals surface area contributed by atoms with E-state index >= 15 is 0 Å². The van der Waals surface area contributed by atoms with Crippen LogP contribution >= 0.6 is 0 Å². The van der Waals surface area contributed by atoms with Crippen molar-refractivity contribution in [3.8, 4) is 5.75 Å². The Labute approximate surface area is 166 Å². The number of nitrogens with zero attached hydrogens (tertiary/aromatic N) is 1. The molecule has 1 N–H and O–H groups in total. The van der Waals surface area contributed by atoms with E-state index in [9.17, 15) is 4.79 Å². The second-order valence-electron chi connectivity index (χ2n) is 7.52. The van der Waals surface area contributed by atoms with Crippen LogP contribution in [0.5, 0.6) is 5.75 Å². The summed E-state index contributed by atoms with van der Waals surface area (Å²) < 4.78 is 11.3. The van der Waals surface area contributed by atoms with Crippen molar-refractivity contribution >= 4 is 17.3 Å². The van der Waals surface area contributed by atoms with Crippen LogP contribution in [0, 0.1) is 0 Å². The summed E-state index contributed by atoms with van der Waals surface area (Å²) in [4.78, 5) is 15.0. The van der Waals surface area contributed by atoms with Gasteiger partial charge in [0.1, 0.15) is 12.4 Å². The van der Waals surface area contributed by atoms with Gasteiger partial charge in [-0.15, -0.1) is 0 Å². The van der Waals surface area contributed by atoms with E-state index in [0.717, 1.165) is 44.0 Å². The molecule has 1 atom stereocenters. The highest BCUT2D eigenvalue weighted by Gasteiger charge is 2.16. The third-order valence-corrected chi connectivity index (χ3v) is 5.40. The zero-order chi connectivity index (χ0) is 19.2. The van der Waals surface area contributed by atoms with Gasteiger partial charge in [0, 0.05) is 36.6 Å². The lowest BCUT2D eigenvalue weighted by atomic mass is 10.1. The summed E-state index contributed by atoms with van der Waals surface area (Å²) in [7, 11) is 0. The minimum Gasteiger partial charge on any atom is -0.491 e. The van der Waals surface area contributed by atoms with Crippen molar-refractivity contribution in [1.29, 1.82) is 0 Å². The number of piperidine rings is 1. The molecule has 0 aromatic heterocycles. The van der Waals surface area contributed by atoms with Crippen molar-refractivity contribution in [2.75, 3.05) is 36.5 Å². The van der Waals surface area contributed by atoms with Gasteiger partial charge in [-0.3, -0.25) is 4.79 Å². The van der Waals surface area contributed by atoms with Gasteiger partial charge < -0.3 is 19.7 Å². The van der Waals surface area contributed by atoms with Crippen LogP contribution in [0.25, 0.3) is 0 Å². The van der Waals surface area contributed by atoms with E-state index in [4.69, 9.17) is 9.47 Å². The summed E-state index contributed by atoms with van der Waals surface area (Å²) >= 11 is 0. The van der Waals surface area contributed by atoms with Crippen LogP contribution in [0.2, 0.25) is 0 Å². The molecular weight excluding hydrogens is 352 g/mol. The van der Waals surface area contributed by atoms with Gasteiger partial charge in [0.2, 0.25) is 0 Å². The molecule has 5 nitrogen and oxygen atoms in total. The summed E-state index contributed by atoms with van der Waals surface area (Å²) in [6, 6.07) is 15.4. The van der Waals surface area contributed by atoms with Gasteiger partial charge in [-0.05, 0) is 74.6 Å². The fourth-order valence-electron chi connectivity index (χ4n) is 3.80. The molecule has 2 aliphatic rings. The van der Waals surface area contributed by atoms with Crippen molar-refractivity contribution in [2.24, 2.45) is 0 Å². The molecule has 2 aromatic rings. The van der Waals surface area contributed by atoms with Crippen LogP contribution in [0.4, 0.5) is 11.4 Å². The van der Waals surface area contributed by atoms with Crippen LogP contribution in [-0.4, -0.2) is 38.3 Å². The Morgan fingerprint density at radius 2 is 1.89 bits per heavy atom. The van der Waals surface area contributed by atoms with E-state index in [1.165, 1.54) is 24.9 Å². The number of ether oxygens (including phenoxy) is 2. The molecule has 0 bridgehead atoms. The van der Waals surface area contributed by atoms with Gasteiger partial charge in [-0.25, -0.2) is 0 Å². The molecule has 28 heavy (non-hydrogen) atoms. The Morgan fingerprint density at radius 1 is 1.07 bits per heavy atom. The quantitative estimate of drug-likeness (QED) is 0.802. The molecule has 1 amide bonds. The summed E-state index contributed by atoms with van der Waals surface area (Å²) in [5, 5.41) is 3.01.